The van der Waals surface area contributed by atoms with E-state index in [0.29, 0.717) is 5.25 Å². The molecule has 1 heterocycles. The number of aryl methyl sites for hydroxylation is 1. The lowest BCUT2D eigenvalue weighted by Crippen LogP contribution is -2.28. The summed E-state index contributed by atoms with van der Waals surface area (Å²) in [7, 11) is 2.16. The monoisotopic (exact) mass is 348 g/mol. The summed E-state index contributed by atoms with van der Waals surface area (Å²) in [5.41, 5.74) is 3.97. The van der Waals surface area contributed by atoms with Crippen molar-refractivity contribution in [1.82, 2.24) is 0 Å². The Balaban J connectivity index is 1.78. The lowest BCUT2D eigenvalue weighted by Gasteiger charge is -2.15. The van der Waals surface area contributed by atoms with Crippen LogP contribution in [-0.4, -0.2) is 0 Å². The van der Waals surface area contributed by atoms with Crippen molar-refractivity contribution in [2.75, 3.05) is 0 Å². The molecule has 0 spiro atoms. The maximum Gasteiger partial charge on any atom is 0.299 e. The van der Waals surface area contributed by atoms with E-state index in [9.17, 15) is 0 Å². The highest BCUT2D eigenvalue weighted by atomic mass is 32.2. The SMILES string of the molecule is C[n+]1c(SC(c2ccccc2)c2ccccc2)sc2ccccc21. The summed E-state index contributed by atoms with van der Waals surface area (Å²) < 4.78 is 4.97. The lowest BCUT2D eigenvalue weighted by molar-refractivity contribution is -0.676. The van der Waals surface area contributed by atoms with Crippen LogP contribution in [0.4, 0.5) is 0 Å². The van der Waals surface area contributed by atoms with Gasteiger partial charge in [-0.3, -0.25) is 0 Å². The van der Waals surface area contributed by atoms with Gasteiger partial charge in [-0.1, -0.05) is 84.1 Å². The molecule has 4 aromatic rings. The van der Waals surface area contributed by atoms with Crippen LogP contribution < -0.4 is 4.57 Å². The van der Waals surface area contributed by atoms with E-state index in [0.717, 1.165) is 0 Å². The predicted molar refractivity (Wildman–Crippen MR) is 104 cm³/mol. The van der Waals surface area contributed by atoms with Gasteiger partial charge in [-0.25, -0.2) is 0 Å². The molecule has 0 N–H and O–H groups in total. The summed E-state index contributed by atoms with van der Waals surface area (Å²) in [4.78, 5) is 0. The van der Waals surface area contributed by atoms with Gasteiger partial charge in [0.15, 0.2) is 0 Å². The number of thiazole rings is 1. The van der Waals surface area contributed by atoms with Gasteiger partial charge < -0.3 is 0 Å². The third-order valence-electron chi connectivity index (χ3n) is 4.12. The number of nitrogens with zero attached hydrogens (tertiary/aromatic N) is 1. The van der Waals surface area contributed by atoms with Gasteiger partial charge in [0.25, 0.3) is 4.34 Å². The van der Waals surface area contributed by atoms with Crippen molar-refractivity contribution < 1.29 is 4.57 Å². The van der Waals surface area contributed by atoms with E-state index in [1.54, 1.807) is 0 Å². The first-order valence-electron chi connectivity index (χ1n) is 7.97. The number of rotatable bonds is 4. The first-order chi connectivity index (χ1) is 11.8. The van der Waals surface area contributed by atoms with Gasteiger partial charge in [-0.05, 0) is 29.0 Å². The lowest BCUT2D eigenvalue weighted by atomic mass is 10.0. The van der Waals surface area contributed by atoms with E-state index in [4.69, 9.17) is 0 Å². The smallest absolute Gasteiger partial charge is 0.179 e. The van der Waals surface area contributed by atoms with E-state index in [1.807, 2.05) is 23.1 Å². The van der Waals surface area contributed by atoms with Crippen LogP contribution in [0.25, 0.3) is 10.2 Å². The standard InChI is InChI=1S/C21H18NS2/c1-22-18-14-8-9-15-19(18)23-21(22)24-20(16-10-4-2-5-11-16)17-12-6-3-7-13-17/h2-15,20H,1H3/q+1. The molecule has 0 fully saturated rings. The average molecular weight is 349 g/mol. The van der Waals surface area contributed by atoms with Gasteiger partial charge >= 0.3 is 0 Å². The average Bonchev–Trinajstić information content (AvgIpc) is 2.97. The van der Waals surface area contributed by atoms with Crippen molar-refractivity contribution in [2.45, 2.75) is 9.59 Å². The van der Waals surface area contributed by atoms with Crippen molar-refractivity contribution in [1.29, 1.82) is 0 Å². The van der Waals surface area contributed by atoms with Gasteiger partial charge in [-0.2, -0.15) is 4.57 Å². The van der Waals surface area contributed by atoms with Crippen LogP contribution in [0.3, 0.4) is 0 Å². The molecule has 0 radical (unpaired) electrons. The molecule has 24 heavy (non-hydrogen) atoms. The molecule has 3 aromatic carbocycles. The number of hydrogen-bond acceptors (Lipinski definition) is 2. The van der Waals surface area contributed by atoms with Gasteiger partial charge in [-0.15, -0.1) is 0 Å². The van der Waals surface area contributed by atoms with E-state index in [2.05, 4.69) is 96.5 Å². The van der Waals surface area contributed by atoms with Crippen molar-refractivity contribution in [2.24, 2.45) is 7.05 Å². The summed E-state index contributed by atoms with van der Waals surface area (Å²) >= 11 is 3.80. The fraction of sp³-hybridized carbons (Fsp3) is 0.0952. The van der Waals surface area contributed by atoms with Crippen LogP contribution in [0.15, 0.2) is 89.3 Å². The summed E-state index contributed by atoms with van der Waals surface area (Å²) in [6.07, 6.45) is 0. The Bertz CT molecular complexity index is 906. The van der Waals surface area contributed by atoms with Crippen LogP contribution in [0.1, 0.15) is 16.4 Å². The van der Waals surface area contributed by atoms with Crippen LogP contribution in [0.2, 0.25) is 0 Å². The minimum Gasteiger partial charge on any atom is -0.179 e. The number of aromatic nitrogens is 1. The molecule has 0 aliphatic heterocycles. The van der Waals surface area contributed by atoms with Crippen LogP contribution in [-0.2, 0) is 7.05 Å². The summed E-state index contributed by atoms with van der Waals surface area (Å²) in [5, 5.41) is 0.298. The van der Waals surface area contributed by atoms with Gasteiger partial charge in [0.05, 0.1) is 5.25 Å². The highest BCUT2D eigenvalue weighted by Gasteiger charge is 2.24. The Kier molecular flexibility index (Phi) is 4.37. The van der Waals surface area contributed by atoms with Crippen molar-refractivity contribution in [3.8, 4) is 0 Å². The molecule has 0 aliphatic rings. The van der Waals surface area contributed by atoms with E-state index < -0.39 is 0 Å². The molecule has 4 rings (SSSR count). The number of benzene rings is 3. The predicted octanol–water partition coefficient (Wildman–Crippen LogP) is 5.61. The minimum atomic E-state index is 0.298. The molecule has 0 unspecified atom stereocenters. The second-order valence-corrected chi connectivity index (χ2v) is 8.10. The Hall–Kier alpha value is -2.10. The Morgan fingerprint density at radius 2 is 1.29 bits per heavy atom. The largest absolute Gasteiger partial charge is 0.299 e. The van der Waals surface area contributed by atoms with Gasteiger partial charge in [0.2, 0.25) is 5.52 Å². The third kappa shape index (κ3) is 2.97. The fourth-order valence-electron chi connectivity index (χ4n) is 2.87. The van der Waals surface area contributed by atoms with Crippen molar-refractivity contribution >= 4 is 33.3 Å². The topological polar surface area (TPSA) is 3.88 Å². The molecule has 118 valence electrons. The summed E-state index contributed by atoms with van der Waals surface area (Å²) in [6.45, 7) is 0. The molecular formula is C21H18NS2+. The van der Waals surface area contributed by atoms with Crippen LogP contribution in [0.5, 0.6) is 0 Å². The van der Waals surface area contributed by atoms with Crippen LogP contribution in [0, 0.1) is 0 Å². The van der Waals surface area contributed by atoms with E-state index in [-0.39, 0.29) is 0 Å². The molecule has 0 saturated carbocycles. The van der Waals surface area contributed by atoms with Crippen molar-refractivity contribution in [3.05, 3.63) is 96.1 Å². The summed E-state index contributed by atoms with van der Waals surface area (Å²) in [6, 6.07) is 30.1. The van der Waals surface area contributed by atoms with Crippen LogP contribution >= 0.6 is 23.1 Å². The molecule has 1 aromatic heterocycles. The fourth-order valence-corrected chi connectivity index (χ4v) is 5.54. The first-order valence-corrected chi connectivity index (χ1v) is 9.66. The third-order valence-corrected chi connectivity index (χ3v) is 6.93. The maximum absolute atomic E-state index is 2.31. The zero-order valence-electron chi connectivity index (χ0n) is 13.4. The molecule has 0 saturated heterocycles. The summed E-state index contributed by atoms with van der Waals surface area (Å²) in [5.74, 6) is 0. The molecule has 0 aliphatic carbocycles. The molecule has 0 atom stereocenters. The number of hydrogen-bond donors (Lipinski definition) is 0. The maximum atomic E-state index is 2.31. The molecule has 0 bridgehead atoms. The molecular weight excluding hydrogens is 330 g/mol. The van der Waals surface area contributed by atoms with Gasteiger partial charge in [0, 0.05) is 6.07 Å². The highest BCUT2D eigenvalue weighted by molar-refractivity contribution is 8.01. The molecule has 3 heteroatoms. The van der Waals surface area contributed by atoms with Gasteiger partial charge in [0.1, 0.15) is 11.7 Å². The van der Waals surface area contributed by atoms with Crippen molar-refractivity contribution in [3.63, 3.8) is 0 Å². The normalized spacial score (nSPS) is 11.2. The van der Waals surface area contributed by atoms with E-state index >= 15 is 0 Å². The Morgan fingerprint density at radius 1 is 0.750 bits per heavy atom. The number of thioether (sulfide) groups is 1. The Labute approximate surface area is 150 Å². The quantitative estimate of drug-likeness (QED) is 0.342. The number of fused-ring (bicyclic) bond motifs is 1. The minimum absolute atomic E-state index is 0.298. The molecule has 0 amide bonds. The second-order valence-electron chi connectivity index (χ2n) is 5.71. The highest BCUT2D eigenvalue weighted by Crippen LogP contribution is 2.42. The Morgan fingerprint density at radius 3 is 1.88 bits per heavy atom. The number of para-hydroxylation sites is 1. The first kappa shape index (κ1) is 15.4. The van der Waals surface area contributed by atoms with E-state index in [1.165, 1.54) is 25.7 Å². The second kappa shape index (κ2) is 6.80. The zero-order valence-corrected chi connectivity index (χ0v) is 15.1. The molecule has 1 nitrogen and oxygen atoms in total. The zero-order chi connectivity index (χ0) is 16.4.